The van der Waals surface area contributed by atoms with Gasteiger partial charge < -0.3 is 14.1 Å². The molecule has 0 saturated carbocycles. The van der Waals surface area contributed by atoms with Crippen molar-refractivity contribution in [3.8, 4) is 17.1 Å². The second-order valence-corrected chi connectivity index (χ2v) is 7.96. The first-order valence-corrected chi connectivity index (χ1v) is 11.1. The number of rotatable bonds is 10. The van der Waals surface area contributed by atoms with Crippen molar-refractivity contribution in [3.05, 3.63) is 77.1 Å². The maximum absolute atomic E-state index is 13.9. The van der Waals surface area contributed by atoms with Crippen molar-refractivity contribution in [2.75, 3.05) is 0 Å². The average Bonchev–Trinajstić information content (AvgIpc) is 3.34. The minimum Gasteiger partial charge on any atom is -0.482 e. The van der Waals surface area contributed by atoms with Crippen LogP contribution in [0, 0.1) is 5.82 Å². The topological polar surface area (TPSA) is 86.8 Å². The lowest BCUT2D eigenvalue weighted by Crippen LogP contribution is -2.19. The van der Waals surface area contributed by atoms with Crippen LogP contribution in [0.3, 0.4) is 0 Å². The summed E-state index contributed by atoms with van der Waals surface area (Å²) in [4.78, 5) is 20.9. The highest BCUT2D eigenvalue weighted by Crippen LogP contribution is 2.24. The third-order valence-corrected chi connectivity index (χ3v) is 5.13. The first-order valence-electron chi connectivity index (χ1n) is 11.1. The van der Waals surface area contributed by atoms with Crippen LogP contribution < -0.4 is 4.74 Å². The van der Waals surface area contributed by atoms with Crippen molar-refractivity contribution < 1.29 is 23.3 Å². The maximum Gasteiger partial charge on any atom is 0.229 e. The lowest BCUT2D eigenvalue weighted by molar-refractivity contribution is 0.111. The number of carbonyl (C=O) groups is 1. The van der Waals surface area contributed by atoms with Crippen LogP contribution in [-0.4, -0.2) is 28.2 Å². The minimum absolute atomic E-state index is 0.00299. The highest BCUT2D eigenvalue weighted by molar-refractivity contribution is 5.98. The van der Waals surface area contributed by atoms with Crippen LogP contribution in [0.4, 0.5) is 4.39 Å². The number of oxime groups is 1. The molecule has 34 heavy (non-hydrogen) atoms. The number of nitrogens with zero attached hydrogens (tertiary/aromatic N) is 3. The smallest absolute Gasteiger partial charge is 0.229 e. The minimum atomic E-state index is -0.604. The molecule has 0 bridgehead atoms. The molecule has 0 spiro atoms. The van der Waals surface area contributed by atoms with Gasteiger partial charge in [-0.2, -0.15) is 4.98 Å². The van der Waals surface area contributed by atoms with Crippen molar-refractivity contribution >= 4 is 12.0 Å². The van der Waals surface area contributed by atoms with E-state index in [9.17, 15) is 9.18 Å². The van der Waals surface area contributed by atoms with E-state index in [1.807, 2.05) is 52.0 Å². The van der Waals surface area contributed by atoms with Gasteiger partial charge in [-0.15, -0.1) is 0 Å². The van der Waals surface area contributed by atoms with Gasteiger partial charge in [0.15, 0.2) is 18.1 Å². The molecule has 0 amide bonds. The number of aldehydes is 1. The molecule has 8 heteroatoms. The zero-order valence-electron chi connectivity index (χ0n) is 19.9. The van der Waals surface area contributed by atoms with Crippen molar-refractivity contribution in [2.24, 2.45) is 5.16 Å². The van der Waals surface area contributed by atoms with Crippen molar-refractivity contribution in [2.45, 2.75) is 53.1 Å². The van der Waals surface area contributed by atoms with Gasteiger partial charge in [0.2, 0.25) is 11.7 Å². The fraction of sp³-hybridized carbons (Fsp3) is 0.308. The molecule has 1 atom stereocenters. The van der Waals surface area contributed by atoms with E-state index in [4.69, 9.17) is 14.1 Å². The Morgan fingerprint density at radius 2 is 1.94 bits per heavy atom. The lowest BCUT2D eigenvalue weighted by atomic mass is 10.1. The SMILES string of the molecule is C/C=C(/O/N=C(\C)c1ccc(C=O)c(F)c1)C(CC)Oc1ccc(-c2noc(C(C)C)n2)cc1. The zero-order valence-corrected chi connectivity index (χ0v) is 19.9. The van der Waals surface area contributed by atoms with E-state index in [0.717, 1.165) is 5.56 Å². The number of benzene rings is 2. The Kier molecular flexibility index (Phi) is 8.29. The molecule has 3 rings (SSSR count). The monoisotopic (exact) mass is 465 g/mol. The van der Waals surface area contributed by atoms with Crippen LogP contribution in [-0.2, 0) is 4.84 Å². The number of hydrogen-bond donors (Lipinski definition) is 0. The molecular weight excluding hydrogens is 437 g/mol. The van der Waals surface area contributed by atoms with E-state index >= 15 is 0 Å². The van der Waals surface area contributed by atoms with E-state index in [1.54, 1.807) is 19.1 Å². The van der Waals surface area contributed by atoms with Gasteiger partial charge in [-0.25, -0.2) is 4.39 Å². The van der Waals surface area contributed by atoms with Crippen LogP contribution in [0.15, 0.2) is 64.0 Å². The number of allylic oxidation sites excluding steroid dienone is 1. The van der Waals surface area contributed by atoms with Gasteiger partial charge in [0.1, 0.15) is 11.6 Å². The molecule has 0 aliphatic rings. The molecule has 0 aliphatic heterocycles. The highest BCUT2D eigenvalue weighted by Gasteiger charge is 2.17. The van der Waals surface area contributed by atoms with E-state index in [-0.39, 0.29) is 17.6 Å². The van der Waals surface area contributed by atoms with Gasteiger partial charge in [-0.3, -0.25) is 4.79 Å². The maximum atomic E-state index is 13.9. The summed E-state index contributed by atoms with van der Waals surface area (Å²) in [7, 11) is 0. The predicted octanol–water partition coefficient (Wildman–Crippen LogP) is 6.31. The summed E-state index contributed by atoms with van der Waals surface area (Å²) in [6, 6.07) is 11.7. The normalized spacial score (nSPS) is 13.1. The number of aromatic nitrogens is 2. The van der Waals surface area contributed by atoms with Gasteiger partial charge >= 0.3 is 0 Å². The van der Waals surface area contributed by atoms with Gasteiger partial charge in [0.25, 0.3) is 0 Å². The van der Waals surface area contributed by atoms with Crippen LogP contribution in [0.25, 0.3) is 11.4 Å². The first kappa shape index (κ1) is 24.8. The van der Waals surface area contributed by atoms with Crippen molar-refractivity contribution in [1.29, 1.82) is 0 Å². The molecule has 3 aromatic rings. The molecule has 0 saturated heterocycles. The van der Waals surface area contributed by atoms with Crippen LogP contribution in [0.2, 0.25) is 0 Å². The Balaban J connectivity index is 1.68. The quantitative estimate of drug-likeness (QED) is 0.151. The van der Waals surface area contributed by atoms with Gasteiger partial charge in [-0.05, 0) is 62.7 Å². The number of halogens is 1. The Morgan fingerprint density at radius 3 is 2.50 bits per heavy atom. The second kappa shape index (κ2) is 11.4. The third kappa shape index (κ3) is 5.95. The molecule has 1 unspecified atom stereocenters. The van der Waals surface area contributed by atoms with Gasteiger partial charge in [0, 0.05) is 17.0 Å². The summed E-state index contributed by atoms with van der Waals surface area (Å²) in [5, 5.41) is 8.15. The Labute approximate surface area is 198 Å². The molecule has 1 aromatic heterocycles. The molecule has 7 nitrogen and oxygen atoms in total. The number of carbonyl (C=O) groups excluding carboxylic acids is 1. The van der Waals surface area contributed by atoms with Gasteiger partial charge in [-0.1, -0.05) is 37.1 Å². The molecule has 178 valence electrons. The molecule has 0 aliphatic carbocycles. The average molecular weight is 466 g/mol. The standard InChI is InChI=1S/C26H28FN3O4/c1-6-23(24(7-2)33-29-17(5)19-8-9-20(15-31)22(27)14-19)32-21-12-10-18(11-13-21)25-28-26(16(3)4)34-30-25/h7-16,23H,6H2,1-5H3/b24-7+,29-17+. The first-order chi connectivity index (χ1) is 16.4. The summed E-state index contributed by atoms with van der Waals surface area (Å²) in [5.41, 5.74) is 1.81. The summed E-state index contributed by atoms with van der Waals surface area (Å²) >= 11 is 0. The van der Waals surface area contributed by atoms with Gasteiger partial charge in [0.05, 0.1) is 11.3 Å². The highest BCUT2D eigenvalue weighted by atomic mass is 19.1. The van der Waals surface area contributed by atoms with E-state index in [2.05, 4.69) is 15.3 Å². The Morgan fingerprint density at radius 1 is 1.21 bits per heavy atom. The Bertz CT molecular complexity index is 1180. The van der Waals surface area contributed by atoms with E-state index < -0.39 is 5.82 Å². The summed E-state index contributed by atoms with van der Waals surface area (Å²) in [6.07, 6.45) is 2.52. The predicted molar refractivity (Wildman–Crippen MR) is 127 cm³/mol. The largest absolute Gasteiger partial charge is 0.482 e. The molecular formula is C26H28FN3O4. The summed E-state index contributed by atoms with van der Waals surface area (Å²) < 4.78 is 25.3. The van der Waals surface area contributed by atoms with Crippen LogP contribution in [0.5, 0.6) is 5.75 Å². The fourth-order valence-corrected chi connectivity index (χ4v) is 3.10. The van der Waals surface area contributed by atoms with Crippen LogP contribution >= 0.6 is 0 Å². The number of ether oxygens (including phenoxy) is 1. The molecule has 1 heterocycles. The van der Waals surface area contributed by atoms with E-state index in [0.29, 0.717) is 47.2 Å². The zero-order chi connectivity index (χ0) is 24.7. The molecule has 0 radical (unpaired) electrons. The van der Waals surface area contributed by atoms with Crippen LogP contribution in [0.1, 0.15) is 68.8 Å². The summed E-state index contributed by atoms with van der Waals surface area (Å²) in [5.74, 6) is 1.85. The van der Waals surface area contributed by atoms with Crippen molar-refractivity contribution in [1.82, 2.24) is 10.1 Å². The van der Waals surface area contributed by atoms with Crippen molar-refractivity contribution in [3.63, 3.8) is 0 Å². The summed E-state index contributed by atoms with van der Waals surface area (Å²) in [6.45, 7) is 9.49. The lowest BCUT2D eigenvalue weighted by Gasteiger charge is -2.19. The third-order valence-electron chi connectivity index (χ3n) is 5.13. The fourth-order valence-electron chi connectivity index (χ4n) is 3.10. The van der Waals surface area contributed by atoms with E-state index in [1.165, 1.54) is 12.1 Å². The molecule has 0 N–H and O–H groups in total. The second-order valence-electron chi connectivity index (χ2n) is 7.96. The Hall–Kier alpha value is -3.81. The molecule has 2 aromatic carbocycles. The number of hydrogen-bond acceptors (Lipinski definition) is 7. The molecule has 0 fully saturated rings.